The molecule has 0 unspecified atom stereocenters. The Morgan fingerprint density at radius 1 is 1.35 bits per heavy atom. The van der Waals surface area contributed by atoms with Crippen molar-refractivity contribution >= 4 is 44.2 Å². The fourth-order valence-corrected chi connectivity index (χ4v) is 3.24. The number of carbonyl (C=O) groups excluding carboxylic acids is 1. The minimum absolute atomic E-state index is 0.112. The van der Waals surface area contributed by atoms with E-state index in [2.05, 4.69) is 25.9 Å². The van der Waals surface area contributed by atoms with Gasteiger partial charge >= 0.3 is 0 Å². The number of alkyl halides is 1. The van der Waals surface area contributed by atoms with E-state index < -0.39 is 12.1 Å². The van der Waals surface area contributed by atoms with Crippen LogP contribution in [-0.4, -0.2) is 46.1 Å². The van der Waals surface area contributed by atoms with Gasteiger partial charge in [-0.1, -0.05) is 11.6 Å². The van der Waals surface area contributed by atoms with Crippen molar-refractivity contribution in [3.8, 4) is 5.88 Å². The number of amides is 1. The summed E-state index contributed by atoms with van der Waals surface area (Å²) in [4.78, 5) is 21.8. The van der Waals surface area contributed by atoms with Gasteiger partial charge in [-0.2, -0.15) is 0 Å². The maximum absolute atomic E-state index is 12.9. The Bertz CT molecular complexity index is 800. The van der Waals surface area contributed by atoms with Crippen LogP contribution in [0.5, 0.6) is 5.88 Å². The van der Waals surface area contributed by atoms with Gasteiger partial charge in [0.15, 0.2) is 0 Å². The molecule has 1 amide bonds. The molecule has 0 aromatic carbocycles. The van der Waals surface area contributed by atoms with Gasteiger partial charge in [0.2, 0.25) is 11.8 Å². The van der Waals surface area contributed by atoms with Crippen molar-refractivity contribution in [2.75, 3.05) is 13.1 Å². The van der Waals surface area contributed by atoms with Gasteiger partial charge in [0.25, 0.3) is 0 Å². The SMILES string of the molecule is O=C([C@@H]1C[C@@H]1F)N1CC(Oc2ncc(Br)c3cc(Cl)ncc23)C1. The number of fused-ring (bicyclic) bond motifs is 1. The minimum atomic E-state index is -0.963. The van der Waals surface area contributed by atoms with Crippen LogP contribution in [0.3, 0.4) is 0 Å². The third-order valence-corrected chi connectivity index (χ3v) is 4.96. The van der Waals surface area contributed by atoms with E-state index in [0.29, 0.717) is 30.5 Å². The van der Waals surface area contributed by atoms with Crippen molar-refractivity contribution in [2.24, 2.45) is 5.92 Å². The predicted octanol–water partition coefficient (Wildman–Crippen LogP) is 2.99. The first-order chi connectivity index (χ1) is 11.0. The molecule has 2 aromatic rings. The number of hydrogen-bond acceptors (Lipinski definition) is 4. The van der Waals surface area contributed by atoms with Gasteiger partial charge < -0.3 is 9.64 Å². The average molecular weight is 401 g/mol. The van der Waals surface area contributed by atoms with E-state index in [1.807, 2.05) is 0 Å². The summed E-state index contributed by atoms with van der Waals surface area (Å²) in [6.45, 7) is 0.921. The van der Waals surface area contributed by atoms with Gasteiger partial charge in [-0.15, -0.1) is 0 Å². The highest BCUT2D eigenvalue weighted by atomic mass is 79.9. The molecule has 2 atom stereocenters. The molecule has 5 nitrogen and oxygen atoms in total. The summed E-state index contributed by atoms with van der Waals surface area (Å²) in [6.07, 6.45) is 2.52. The Morgan fingerprint density at radius 2 is 2.09 bits per heavy atom. The molecular formula is C15H12BrClFN3O2. The van der Waals surface area contributed by atoms with Crippen LogP contribution in [0, 0.1) is 5.92 Å². The van der Waals surface area contributed by atoms with Crippen LogP contribution in [0.25, 0.3) is 10.8 Å². The van der Waals surface area contributed by atoms with Crippen molar-refractivity contribution in [2.45, 2.75) is 18.7 Å². The van der Waals surface area contributed by atoms with Gasteiger partial charge in [0, 0.05) is 22.3 Å². The zero-order valence-electron chi connectivity index (χ0n) is 11.9. The highest BCUT2D eigenvalue weighted by Gasteiger charge is 2.48. The van der Waals surface area contributed by atoms with Gasteiger partial charge in [-0.05, 0) is 28.4 Å². The third-order valence-electron chi connectivity index (χ3n) is 4.12. The topological polar surface area (TPSA) is 55.3 Å². The van der Waals surface area contributed by atoms with Crippen LogP contribution < -0.4 is 4.74 Å². The lowest BCUT2D eigenvalue weighted by Gasteiger charge is -2.38. The maximum atomic E-state index is 12.9. The quantitative estimate of drug-likeness (QED) is 0.743. The molecule has 23 heavy (non-hydrogen) atoms. The van der Waals surface area contributed by atoms with Gasteiger partial charge in [-0.25, -0.2) is 14.4 Å². The number of carbonyl (C=O) groups is 1. The van der Waals surface area contributed by atoms with E-state index >= 15 is 0 Å². The fraction of sp³-hybridized carbons (Fsp3) is 0.400. The summed E-state index contributed by atoms with van der Waals surface area (Å²) in [7, 11) is 0. The number of aromatic nitrogens is 2. The Labute approximate surface area is 144 Å². The summed E-state index contributed by atoms with van der Waals surface area (Å²) >= 11 is 9.35. The Balaban J connectivity index is 1.47. The zero-order chi connectivity index (χ0) is 16.1. The largest absolute Gasteiger partial charge is 0.470 e. The van der Waals surface area contributed by atoms with Crippen LogP contribution in [-0.2, 0) is 4.79 Å². The standard InChI is InChI=1S/C15H12BrClFN3O2/c16-11-4-20-14(10-3-19-13(17)2-8(10)11)23-7-5-21(6-7)15(22)9-1-12(9)18/h2-4,7,9,12H,1,5-6H2/t9-,12+/m1/s1. The van der Waals surface area contributed by atoms with E-state index in [4.69, 9.17) is 16.3 Å². The first-order valence-electron chi connectivity index (χ1n) is 7.22. The lowest BCUT2D eigenvalue weighted by molar-refractivity contribution is -0.141. The minimum Gasteiger partial charge on any atom is -0.470 e. The Hall–Kier alpha value is -1.47. The van der Waals surface area contributed by atoms with Crippen LogP contribution in [0.1, 0.15) is 6.42 Å². The van der Waals surface area contributed by atoms with Crippen LogP contribution >= 0.6 is 27.5 Å². The van der Waals surface area contributed by atoms with Gasteiger partial charge in [0.1, 0.15) is 17.4 Å². The molecule has 0 N–H and O–H groups in total. The molecule has 2 aliphatic rings. The van der Waals surface area contributed by atoms with E-state index in [1.54, 1.807) is 23.4 Å². The molecule has 0 radical (unpaired) electrons. The van der Waals surface area contributed by atoms with Gasteiger partial charge in [-0.3, -0.25) is 4.79 Å². The molecular weight excluding hydrogens is 389 g/mol. The van der Waals surface area contributed by atoms with Crippen molar-refractivity contribution in [3.63, 3.8) is 0 Å². The molecule has 0 bridgehead atoms. The monoisotopic (exact) mass is 399 g/mol. The summed E-state index contributed by atoms with van der Waals surface area (Å²) in [5.74, 6) is -0.0902. The van der Waals surface area contributed by atoms with Crippen LogP contribution in [0.15, 0.2) is 22.9 Å². The molecule has 2 aromatic heterocycles. The number of rotatable bonds is 3. The molecule has 0 spiro atoms. The zero-order valence-corrected chi connectivity index (χ0v) is 14.2. The molecule has 2 fully saturated rings. The molecule has 3 heterocycles. The van der Waals surface area contributed by atoms with Crippen molar-refractivity contribution < 1.29 is 13.9 Å². The van der Waals surface area contributed by atoms with Gasteiger partial charge in [0.05, 0.1) is 24.4 Å². The Kier molecular flexibility index (Phi) is 3.65. The lowest BCUT2D eigenvalue weighted by atomic mass is 10.1. The normalized spacial score (nSPS) is 23.7. The molecule has 1 aliphatic heterocycles. The van der Waals surface area contributed by atoms with E-state index in [1.165, 1.54) is 0 Å². The maximum Gasteiger partial charge on any atom is 0.228 e. The Morgan fingerprint density at radius 3 is 2.78 bits per heavy atom. The lowest BCUT2D eigenvalue weighted by Crippen LogP contribution is -2.56. The summed E-state index contributed by atoms with van der Waals surface area (Å²) < 4.78 is 19.6. The first-order valence-corrected chi connectivity index (χ1v) is 8.39. The molecule has 4 rings (SSSR count). The predicted molar refractivity (Wildman–Crippen MR) is 86.2 cm³/mol. The number of nitrogens with zero attached hydrogens (tertiary/aromatic N) is 3. The van der Waals surface area contributed by atoms with Crippen molar-refractivity contribution in [1.82, 2.24) is 14.9 Å². The smallest absolute Gasteiger partial charge is 0.228 e. The molecule has 120 valence electrons. The second-order valence-corrected chi connectivity index (χ2v) is 7.05. The average Bonchev–Trinajstić information content (AvgIpc) is 3.21. The van der Waals surface area contributed by atoms with E-state index in [-0.39, 0.29) is 12.0 Å². The summed E-state index contributed by atoms with van der Waals surface area (Å²) in [6, 6.07) is 1.74. The summed E-state index contributed by atoms with van der Waals surface area (Å²) in [5.41, 5.74) is 0. The van der Waals surface area contributed by atoms with Crippen molar-refractivity contribution in [3.05, 3.63) is 28.1 Å². The molecule has 1 saturated heterocycles. The number of hydrogen-bond donors (Lipinski definition) is 0. The summed E-state index contributed by atoms with van der Waals surface area (Å²) in [5, 5.41) is 2.00. The number of halogens is 3. The number of likely N-dealkylation sites (tertiary alicyclic amines) is 1. The second-order valence-electron chi connectivity index (χ2n) is 5.81. The molecule has 8 heteroatoms. The molecule has 1 saturated carbocycles. The third kappa shape index (κ3) is 2.76. The van der Waals surface area contributed by atoms with Crippen LogP contribution in [0.4, 0.5) is 4.39 Å². The molecule has 1 aliphatic carbocycles. The fourth-order valence-electron chi connectivity index (χ4n) is 2.65. The highest BCUT2D eigenvalue weighted by molar-refractivity contribution is 9.10. The number of pyridine rings is 2. The van der Waals surface area contributed by atoms with E-state index in [0.717, 1.165) is 15.2 Å². The van der Waals surface area contributed by atoms with Crippen molar-refractivity contribution in [1.29, 1.82) is 0 Å². The highest BCUT2D eigenvalue weighted by Crippen LogP contribution is 2.37. The van der Waals surface area contributed by atoms with E-state index in [9.17, 15) is 9.18 Å². The van der Waals surface area contributed by atoms with Crippen LogP contribution in [0.2, 0.25) is 5.15 Å². The second kappa shape index (κ2) is 5.56. The number of ether oxygens (including phenoxy) is 1. The first kappa shape index (κ1) is 15.1.